The van der Waals surface area contributed by atoms with Gasteiger partial charge in [-0.05, 0) is 36.8 Å². The Bertz CT molecular complexity index is 734. The molecular weight excluding hydrogens is 311 g/mol. The second-order valence-electron chi connectivity index (χ2n) is 5.20. The van der Waals surface area contributed by atoms with Crippen molar-refractivity contribution in [2.45, 2.75) is 13.5 Å². The summed E-state index contributed by atoms with van der Waals surface area (Å²) in [6, 6.07) is 12.7. The molecule has 0 saturated heterocycles. The fraction of sp³-hybridized carbons (Fsp3) is 0.222. The van der Waals surface area contributed by atoms with Gasteiger partial charge in [0.25, 0.3) is 11.8 Å². The zero-order valence-electron chi connectivity index (χ0n) is 13.4. The number of nitrogens with two attached hydrogens (primary N) is 1. The summed E-state index contributed by atoms with van der Waals surface area (Å²) < 4.78 is 18.6. The van der Waals surface area contributed by atoms with Gasteiger partial charge in [-0.2, -0.15) is 0 Å². The molecule has 0 fully saturated rings. The predicted molar refractivity (Wildman–Crippen MR) is 87.9 cm³/mol. The number of hydrogen-bond acceptors (Lipinski definition) is 3. The zero-order valence-corrected chi connectivity index (χ0v) is 13.4. The Labute approximate surface area is 139 Å². The lowest BCUT2D eigenvalue weighted by atomic mass is 10.1. The van der Waals surface area contributed by atoms with Gasteiger partial charge in [0.1, 0.15) is 11.6 Å². The number of rotatable bonds is 7. The first-order chi connectivity index (χ1) is 11.5. The van der Waals surface area contributed by atoms with Gasteiger partial charge in [-0.15, -0.1) is 0 Å². The molecular formula is C18H19FN2O3. The third kappa shape index (κ3) is 4.55. The van der Waals surface area contributed by atoms with Gasteiger partial charge < -0.3 is 15.4 Å². The largest absolute Gasteiger partial charge is 0.483 e. The molecule has 6 heteroatoms. The van der Waals surface area contributed by atoms with Crippen molar-refractivity contribution in [2.75, 3.05) is 13.2 Å². The van der Waals surface area contributed by atoms with Gasteiger partial charge in [-0.3, -0.25) is 9.59 Å². The summed E-state index contributed by atoms with van der Waals surface area (Å²) in [6.45, 7) is 2.25. The fourth-order valence-corrected chi connectivity index (χ4v) is 2.27. The van der Waals surface area contributed by atoms with Crippen LogP contribution < -0.4 is 10.5 Å². The molecule has 0 saturated carbocycles. The molecule has 0 radical (unpaired) electrons. The Morgan fingerprint density at radius 3 is 2.58 bits per heavy atom. The van der Waals surface area contributed by atoms with Gasteiger partial charge >= 0.3 is 0 Å². The lowest BCUT2D eigenvalue weighted by Gasteiger charge is -2.22. The van der Waals surface area contributed by atoms with E-state index in [0.29, 0.717) is 23.4 Å². The second kappa shape index (κ2) is 8.10. The van der Waals surface area contributed by atoms with Crippen molar-refractivity contribution in [3.8, 4) is 5.75 Å². The third-order valence-corrected chi connectivity index (χ3v) is 3.42. The number of primary amides is 1. The highest BCUT2D eigenvalue weighted by atomic mass is 19.1. The number of carbonyl (C=O) groups excluding carboxylic acids is 2. The first kappa shape index (κ1) is 17.5. The van der Waals surface area contributed by atoms with E-state index in [0.717, 1.165) is 0 Å². The summed E-state index contributed by atoms with van der Waals surface area (Å²) in [5, 5.41) is 0. The van der Waals surface area contributed by atoms with Gasteiger partial charge in [-0.25, -0.2) is 4.39 Å². The Morgan fingerprint density at radius 2 is 1.92 bits per heavy atom. The summed E-state index contributed by atoms with van der Waals surface area (Å²) in [5.41, 5.74) is 6.10. The Morgan fingerprint density at radius 1 is 1.17 bits per heavy atom. The summed E-state index contributed by atoms with van der Waals surface area (Å²) in [4.78, 5) is 25.2. The number of ether oxygens (including phenoxy) is 1. The number of nitrogens with zero attached hydrogens (tertiary/aromatic N) is 1. The van der Waals surface area contributed by atoms with E-state index in [4.69, 9.17) is 10.5 Å². The topological polar surface area (TPSA) is 72.6 Å². The minimum atomic E-state index is -0.621. The molecule has 0 aliphatic heterocycles. The molecule has 2 rings (SSSR count). The summed E-state index contributed by atoms with van der Waals surface area (Å²) in [6.07, 6.45) is 0. The summed E-state index contributed by atoms with van der Waals surface area (Å²) in [5.74, 6) is -0.939. The molecule has 2 amide bonds. The van der Waals surface area contributed by atoms with Crippen molar-refractivity contribution in [3.63, 3.8) is 0 Å². The normalized spacial score (nSPS) is 10.2. The Balaban J connectivity index is 2.20. The predicted octanol–water partition coefficient (Wildman–Crippen LogP) is 2.35. The van der Waals surface area contributed by atoms with Crippen molar-refractivity contribution >= 4 is 11.8 Å². The monoisotopic (exact) mass is 330 g/mol. The standard InChI is InChI=1S/C18H19FN2O3/c1-2-21(11-13-6-5-7-14(19)10-13)18(23)15-8-3-4-9-16(15)24-12-17(20)22/h3-10H,2,11-12H2,1H3,(H2,20,22). The summed E-state index contributed by atoms with van der Waals surface area (Å²) in [7, 11) is 0. The van der Waals surface area contributed by atoms with Crippen LogP contribution in [0.3, 0.4) is 0 Å². The number of hydrogen-bond donors (Lipinski definition) is 1. The molecule has 24 heavy (non-hydrogen) atoms. The molecule has 0 heterocycles. The van der Waals surface area contributed by atoms with Crippen molar-refractivity contribution in [3.05, 3.63) is 65.5 Å². The molecule has 5 nitrogen and oxygen atoms in total. The average Bonchev–Trinajstić information content (AvgIpc) is 2.57. The second-order valence-corrected chi connectivity index (χ2v) is 5.20. The molecule has 0 unspecified atom stereocenters. The van der Waals surface area contributed by atoms with Gasteiger partial charge in [0.2, 0.25) is 0 Å². The molecule has 0 spiro atoms. The lowest BCUT2D eigenvalue weighted by molar-refractivity contribution is -0.119. The fourth-order valence-electron chi connectivity index (χ4n) is 2.27. The highest BCUT2D eigenvalue weighted by molar-refractivity contribution is 5.97. The Kier molecular flexibility index (Phi) is 5.89. The first-order valence-electron chi connectivity index (χ1n) is 7.55. The molecule has 2 N–H and O–H groups in total. The maximum Gasteiger partial charge on any atom is 0.257 e. The average molecular weight is 330 g/mol. The van der Waals surface area contributed by atoms with Crippen molar-refractivity contribution in [2.24, 2.45) is 5.73 Å². The maximum absolute atomic E-state index is 13.3. The summed E-state index contributed by atoms with van der Waals surface area (Å²) >= 11 is 0. The van der Waals surface area contributed by atoms with E-state index in [2.05, 4.69) is 0 Å². The van der Waals surface area contributed by atoms with Crippen molar-refractivity contribution in [1.29, 1.82) is 0 Å². The number of halogens is 1. The SMILES string of the molecule is CCN(Cc1cccc(F)c1)C(=O)c1ccccc1OCC(N)=O. The highest BCUT2D eigenvalue weighted by Gasteiger charge is 2.19. The number of amides is 2. The van der Waals surface area contributed by atoms with E-state index in [1.54, 1.807) is 41.3 Å². The minimum absolute atomic E-state index is 0.262. The van der Waals surface area contributed by atoms with Gasteiger partial charge in [-0.1, -0.05) is 24.3 Å². The number of benzene rings is 2. The number of para-hydroxylation sites is 1. The van der Waals surface area contributed by atoms with Crippen molar-refractivity contribution < 1.29 is 18.7 Å². The molecule has 0 bridgehead atoms. The molecule has 2 aromatic carbocycles. The maximum atomic E-state index is 13.3. The van der Waals surface area contributed by atoms with E-state index in [9.17, 15) is 14.0 Å². The Hall–Kier alpha value is -2.89. The molecule has 126 valence electrons. The van der Waals surface area contributed by atoms with Crippen molar-refractivity contribution in [1.82, 2.24) is 4.90 Å². The minimum Gasteiger partial charge on any atom is -0.483 e. The zero-order chi connectivity index (χ0) is 17.5. The molecule has 0 atom stereocenters. The van der Waals surface area contributed by atoms with Crippen LogP contribution in [0.25, 0.3) is 0 Å². The van der Waals surface area contributed by atoms with E-state index >= 15 is 0 Å². The van der Waals surface area contributed by atoms with Crippen LogP contribution in [-0.2, 0) is 11.3 Å². The van der Waals surface area contributed by atoms with Gasteiger partial charge in [0.05, 0.1) is 5.56 Å². The smallest absolute Gasteiger partial charge is 0.257 e. The molecule has 0 aliphatic rings. The molecule has 0 aromatic heterocycles. The molecule has 2 aromatic rings. The van der Waals surface area contributed by atoms with E-state index in [1.807, 2.05) is 6.92 Å². The van der Waals surface area contributed by atoms with Crippen LogP contribution in [0.5, 0.6) is 5.75 Å². The van der Waals surface area contributed by atoms with Crippen LogP contribution >= 0.6 is 0 Å². The van der Waals surface area contributed by atoms with Crippen LogP contribution in [0, 0.1) is 5.82 Å². The van der Waals surface area contributed by atoms with Crippen LogP contribution in [0.1, 0.15) is 22.8 Å². The van der Waals surface area contributed by atoms with Gasteiger partial charge in [0, 0.05) is 13.1 Å². The highest BCUT2D eigenvalue weighted by Crippen LogP contribution is 2.21. The number of carbonyl (C=O) groups is 2. The van der Waals surface area contributed by atoms with Crippen LogP contribution in [-0.4, -0.2) is 29.9 Å². The first-order valence-corrected chi connectivity index (χ1v) is 7.55. The van der Waals surface area contributed by atoms with Crippen LogP contribution in [0.4, 0.5) is 4.39 Å². The van der Waals surface area contributed by atoms with E-state index in [1.165, 1.54) is 12.1 Å². The quantitative estimate of drug-likeness (QED) is 0.847. The van der Waals surface area contributed by atoms with Gasteiger partial charge in [0.15, 0.2) is 6.61 Å². The third-order valence-electron chi connectivity index (χ3n) is 3.42. The van der Waals surface area contributed by atoms with E-state index in [-0.39, 0.29) is 24.9 Å². The van der Waals surface area contributed by atoms with E-state index < -0.39 is 5.91 Å². The van der Waals surface area contributed by atoms with Crippen LogP contribution in [0.15, 0.2) is 48.5 Å². The molecule has 0 aliphatic carbocycles. The van der Waals surface area contributed by atoms with Crippen LogP contribution in [0.2, 0.25) is 0 Å². The lowest BCUT2D eigenvalue weighted by Crippen LogP contribution is -2.31.